The van der Waals surface area contributed by atoms with Crippen molar-refractivity contribution in [2.45, 2.75) is 38.1 Å². The Labute approximate surface area is 209 Å². The summed E-state index contributed by atoms with van der Waals surface area (Å²) < 4.78 is 74.3. The molecule has 2 aromatic carbocycles. The first-order chi connectivity index (χ1) is 17.3. The lowest BCUT2D eigenvalue weighted by atomic mass is 10.1. The summed E-state index contributed by atoms with van der Waals surface area (Å²) in [5.74, 6) is -6.23. The fourth-order valence-corrected chi connectivity index (χ4v) is 3.58. The lowest BCUT2D eigenvalue weighted by Gasteiger charge is -2.20. The molecule has 0 bridgehead atoms. The molecular weight excluding hydrogens is 531 g/mol. The molecule has 1 heterocycles. The van der Waals surface area contributed by atoms with Crippen LogP contribution in [0, 0.1) is 11.6 Å². The molecule has 0 spiro atoms. The standard InChI is InChI=1S/C22H16ClF5N4O5/c1-9(22(26,27)28)37-17-8-16(32-21(36)31(11-3-4-11)18(30-32)20(34)35)14(25)7-12(17)19(33)29-15-5-2-10(24)6-13(15)23/h2,5-9,11H,3-4H2,1H3,(H,29,33)(H,34,35)/t9-/m0/s1. The fraction of sp³-hybridized carbons (Fsp3) is 0.273. The predicted octanol–water partition coefficient (Wildman–Crippen LogP) is 4.58. The number of carboxylic acids is 1. The number of halogens is 6. The fourth-order valence-electron chi connectivity index (χ4n) is 3.36. The quantitative estimate of drug-likeness (QED) is 0.419. The molecule has 3 aromatic rings. The van der Waals surface area contributed by atoms with E-state index < -0.39 is 70.3 Å². The Morgan fingerprint density at radius 1 is 1.22 bits per heavy atom. The molecule has 1 fully saturated rings. The number of hydrogen-bond acceptors (Lipinski definition) is 5. The Bertz CT molecular complexity index is 1460. The summed E-state index contributed by atoms with van der Waals surface area (Å²) in [6, 6.07) is 3.57. The average Bonchev–Trinajstić information content (AvgIpc) is 3.58. The van der Waals surface area contributed by atoms with Crippen LogP contribution in [0.1, 0.15) is 46.8 Å². The number of aromatic carboxylic acids is 1. The first-order valence-corrected chi connectivity index (χ1v) is 10.9. The molecule has 1 aliphatic rings. The van der Waals surface area contributed by atoms with E-state index in [-0.39, 0.29) is 10.7 Å². The summed E-state index contributed by atoms with van der Waals surface area (Å²) in [6.07, 6.45) is -6.39. The molecule has 0 radical (unpaired) electrons. The summed E-state index contributed by atoms with van der Waals surface area (Å²) in [5, 5.41) is 15.0. The second-order valence-corrected chi connectivity index (χ2v) is 8.51. The number of nitrogens with zero attached hydrogens (tertiary/aromatic N) is 3. The van der Waals surface area contributed by atoms with Crippen molar-refractivity contribution >= 4 is 29.2 Å². The predicted molar refractivity (Wildman–Crippen MR) is 119 cm³/mol. The first-order valence-electron chi connectivity index (χ1n) is 10.6. The number of aromatic nitrogens is 3. The molecule has 0 saturated heterocycles. The van der Waals surface area contributed by atoms with Crippen molar-refractivity contribution in [3.8, 4) is 11.4 Å². The number of nitrogens with one attached hydrogen (secondary N) is 1. The molecule has 1 aromatic heterocycles. The van der Waals surface area contributed by atoms with Crippen molar-refractivity contribution in [1.82, 2.24) is 14.3 Å². The molecular formula is C22H16ClF5N4O5. The van der Waals surface area contributed by atoms with Crippen LogP contribution in [0.2, 0.25) is 5.02 Å². The van der Waals surface area contributed by atoms with Gasteiger partial charge in [-0.2, -0.15) is 17.9 Å². The Morgan fingerprint density at radius 2 is 1.89 bits per heavy atom. The molecule has 1 amide bonds. The number of rotatable bonds is 7. The van der Waals surface area contributed by atoms with Gasteiger partial charge in [-0.15, -0.1) is 5.10 Å². The highest BCUT2D eigenvalue weighted by atomic mass is 35.5. The maximum absolute atomic E-state index is 15.2. The highest BCUT2D eigenvalue weighted by molar-refractivity contribution is 6.34. The number of amides is 1. The third-order valence-corrected chi connectivity index (χ3v) is 5.69. The number of carboxylic acid groups (broad SMARTS) is 1. The van der Waals surface area contributed by atoms with Gasteiger partial charge >= 0.3 is 17.8 Å². The molecule has 196 valence electrons. The second kappa shape index (κ2) is 9.50. The summed E-state index contributed by atoms with van der Waals surface area (Å²) in [6.45, 7) is 0.637. The zero-order valence-electron chi connectivity index (χ0n) is 18.6. The number of carbonyl (C=O) groups excluding carboxylic acids is 1. The summed E-state index contributed by atoms with van der Waals surface area (Å²) >= 11 is 5.87. The molecule has 1 atom stereocenters. The van der Waals surface area contributed by atoms with E-state index in [1.807, 2.05) is 0 Å². The van der Waals surface area contributed by atoms with Crippen molar-refractivity contribution in [3.05, 3.63) is 68.9 Å². The summed E-state index contributed by atoms with van der Waals surface area (Å²) in [7, 11) is 0. The highest BCUT2D eigenvalue weighted by Crippen LogP contribution is 2.35. The lowest BCUT2D eigenvalue weighted by Crippen LogP contribution is -2.32. The Balaban J connectivity index is 1.82. The molecule has 37 heavy (non-hydrogen) atoms. The van der Waals surface area contributed by atoms with Crippen LogP contribution in [-0.4, -0.2) is 43.6 Å². The van der Waals surface area contributed by atoms with Gasteiger partial charge in [0.05, 0.1) is 16.3 Å². The minimum Gasteiger partial charge on any atom is -0.480 e. The van der Waals surface area contributed by atoms with Gasteiger partial charge in [-0.3, -0.25) is 9.36 Å². The van der Waals surface area contributed by atoms with Gasteiger partial charge in [-0.25, -0.2) is 18.4 Å². The molecule has 1 aliphatic carbocycles. The van der Waals surface area contributed by atoms with Gasteiger partial charge in [0.2, 0.25) is 5.82 Å². The van der Waals surface area contributed by atoms with E-state index in [1.165, 1.54) is 0 Å². The van der Waals surface area contributed by atoms with Gasteiger partial charge in [0, 0.05) is 12.1 Å². The van der Waals surface area contributed by atoms with Crippen molar-refractivity contribution in [2.24, 2.45) is 0 Å². The number of anilines is 1. The third-order valence-electron chi connectivity index (χ3n) is 5.38. The van der Waals surface area contributed by atoms with E-state index in [1.54, 1.807) is 0 Å². The number of hydrogen-bond donors (Lipinski definition) is 2. The van der Waals surface area contributed by atoms with Crippen LogP contribution in [0.4, 0.5) is 27.6 Å². The second-order valence-electron chi connectivity index (χ2n) is 8.10. The molecule has 2 N–H and O–H groups in total. The average molecular weight is 547 g/mol. The Hall–Kier alpha value is -3.94. The summed E-state index contributed by atoms with van der Waals surface area (Å²) in [5.41, 5.74) is -2.62. The zero-order valence-corrected chi connectivity index (χ0v) is 19.4. The van der Waals surface area contributed by atoms with E-state index in [2.05, 4.69) is 10.4 Å². The minimum absolute atomic E-state index is 0.127. The molecule has 9 nitrogen and oxygen atoms in total. The van der Waals surface area contributed by atoms with Crippen molar-refractivity contribution in [2.75, 3.05) is 5.32 Å². The van der Waals surface area contributed by atoms with Gasteiger partial charge in [0.1, 0.15) is 23.1 Å². The van der Waals surface area contributed by atoms with Gasteiger partial charge in [0.25, 0.3) is 5.91 Å². The van der Waals surface area contributed by atoms with Crippen LogP contribution >= 0.6 is 11.6 Å². The molecule has 15 heteroatoms. The van der Waals surface area contributed by atoms with Crippen LogP contribution in [-0.2, 0) is 0 Å². The van der Waals surface area contributed by atoms with Crippen LogP contribution in [0.5, 0.6) is 5.75 Å². The van der Waals surface area contributed by atoms with E-state index in [0.29, 0.717) is 36.6 Å². The van der Waals surface area contributed by atoms with Gasteiger partial charge in [-0.05, 0) is 44.0 Å². The smallest absolute Gasteiger partial charge is 0.425 e. The number of benzene rings is 2. The highest BCUT2D eigenvalue weighted by Gasteiger charge is 2.39. The van der Waals surface area contributed by atoms with Crippen LogP contribution in [0.15, 0.2) is 35.1 Å². The van der Waals surface area contributed by atoms with Crippen LogP contribution in [0.3, 0.4) is 0 Å². The summed E-state index contributed by atoms with van der Waals surface area (Å²) in [4.78, 5) is 37.2. The lowest BCUT2D eigenvalue weighted by molar-refractivity contribution is -0.189. The van der Waals surface area contributed by atoms with E-state index >= 15 is 4.39 Å². The molecule has 0 unspecified atom stereocenters. The number of carbonyl (C=O) groups is 2. The molecule has 4 rings (SSSR count). The van der Waals surface area contributed by atoms with Crippen molar-refractivity contribution < 1.29 is 41.4 Å². The topological polar surface area (TPSA) is 115 Å². The van der Waals surface area contributed by atoms with Crippen LogP contribution in [0.25, 0.3) is 5.69 Å². The monoisotopic (exact) mass is 546 g/mol. The van der Waals surface area contributed by atoms with Gasteiger partial charge < -0.3 is 15.2 Å². The molecule has 1 saturated carbocycles. The van der Waals surface area contributed by atoms with Gasteiger partial charge in [0.15, 0.2) is 6.10 Å². The largest absolute Gasteiger partial charge is 0.480 e. The van der Waals surface area contributed by atoms with E-state index in [9.17, 15) is 37.1 Å². The number of alkyl halides is 3. The Kier molecular flexibility index (Phi) is 6.71. The SMILES string of the molecule is C[C@H](Oc1cc(-n2nc(C(=O)O)n(C3CC3)c2=O)c(F)cc1C(=O)Nc1ccc(F)cc1Cl)C(F)(F)F. The maximum Gasteiger partial charge on any atom is 0.425 e. The van der Waals surface area contributed by atoms with Crippen molar-refractivity contribution in [3.63, 3.8) is 0 Å². The normalized spacial score (nSPS) is 14.4. The van der Waals surface area contributed by atoms with E-state index in [0.717, 1.165) is 22.8 Å². The zero-order chi connectivity index (χ0) is 27.2. The van der Waals surface area contributed by atoms with Crippen molar-refractivity contribution in [1.29, 1.82) is 0 Å². The maximum atomic E-state index is 15.2. The van der Waals surface area contributed by atoms with Crippen LogP contribution < -0.4 is 15.7 Å². The third kappa shape index (κ3) is 5.28. The minimum atomic E-state index is -4.89. The number of ether oxygens (including phenoxy) is 1. The Morgan fingerprint density at radius 3 is 2.46 bits per heavy atom. The van der Waals surface area contributed by atoms with E-state index in [4.69, 9.17) is 16.3 Å². The first kappa shape index (κ1) is 26.1. The van der Waals surface area contributed by atoms with Gasteiger partial charge in [-0.1, -0.05) is 11.6 Å². The molecule has 0 aliphatic heterocycles.